The van der Waals surface area contributed by atoms with Crippen LogP contribution in [0.5, 0.6) is 5.75 Å². The second-order valence-electron chi connectivity index (χ2n) is 11.9. The molecule has 0 saturated heterocycles. The number of amides is 1. The average molecular weight is 680 g/mol. The Morgan fingerprint density at radius 2 is 1.68 bits per heavy atom. The quantitative estimate of drug-likeness (QED) is 0.152. The number of nitrogens with one attached hydrogen (secondary N) is 2. The van der Waals surface area contributed by atoms with Gasteiger partial charge in [-0.3, -0.25) is 9.36 Å². The Labute approximate surface area is 269 Å². The van der Waals surface area contributed by atoms with E-state index in [1.807, 2.05) is 0 Å². The Bertz CT molecular complexity index is 1720. The highest BCUT2D eigenvalue weighted by Gasteiger charge is 2.46. The molecule has 254 valence electrons. The van der Waals surface area contributed by atoms with Crippen molar-refractivity contribution in [3.63, 3.8) is 0 Å². The molecule has 2 atom stereocenters. The van der Waals surface area contributed by atoms with E-state index < -0.39 is 48.4 Å². The summed E-state index contributed by atoms with van der Waals surface area (Å²) in [5.74, 6) is -1.34. The lowest BCUT2D eigenvalue weighted by Crippen LogP contribution is -2.24. The van der Waals surface area contributed by atoms with Gasteiger partial charge in [0.1, 0.15) is 17.1 Å². The Hall–Kier alpha value is -3.75. The minimum Gasteiger partial charge on any atom is -0.495 e. The van der Waals surface area contributed by atoms with Gasteiger partial charge in [-0.15, -0.1) is 0 Å². The SMILES string of the molecule is CCC(CC)(c1ccc(Nc2ncc(C(F)(F)F)c(Nc3ccc(C4CC(O)C(O)C4)c4c3C(=O)N(C)C4)n2)c(OC)c1)P(=O)(O)O. The molecule has 1 amide bonds. The monoisotopic (exact) mass is 679 g/mol. The zero-order valence-electron chi connectivity index (χ0n) is 26.2. The molecule has 1 aliphatic carbocycles. The van der Waals surface area contributed by atoms with Gasteiger partial charge >= 0.3 is 13.8 Å². The van der Waals surface area contributed by atoms with Gasteiger partial charge < -0.3 is 40.3 Å². The van der Waals surface area contributed by atoms with Crippen LogP contribution >= 0.6 is 7.60 Å². The van der Waals surface area contributed by atoms with E-state index in [2.05, 4.69) is 20.6 Å². The van der Waals surface area contributed by atoms with Crippen molar-refractivity contribution in [2.45, 2.75) is 75.5 Å². The molecule has 6 N–H and O–H groups in total. The van der Waals surface area contributed by atoms with E-state index in [0.29, 0.717) is 30.2 Å². The molecule has 1 saturated carbocycles. The van der Waals surface area contributed by atoms with Crippen LogP contribution in [0.25, 0.3) is 0 Å². The molecule has 2 unspecified atom stereocenters. The van der Waals surface area contributed by atoms with Crippen LogP contribution in [0.1, 0.15) is 78.1 Å². The number of aliphatic hydroxyl groups is 2. The van der Waals surface area contributed by atoms with Crippen LogP contribution in [0.3, 0.4) is 0 Å². The van der Waals surface area contributed by atoms with Crippen LogP contribution in [0.2, 0.25) is 0 Å². The number of carbonyl (C=O) groups is 1. The van der Waals surface area contributed by atoms with Crippen LogP contribution in [-0.4, -0.2) is 67.1 Å². The van der Waals surface area contributed by atoms with Gasteiger partial charge in [-0.25, -0.2) is 4.98 Å². The molecule has 2 aliphatic rings. The average Bonchev–Trinajstić information content (AvgIpc) is 3.50. The first kappa shape index (κ1) is 34.6. The van der Waals surface area contributed by atoms with Crippen molar-refractivity contribution in [2.75, 3.05) is 24.8 Å². The molecule has 0 spiro atoms. The predicted octanol–water partition coefficient (Wildman–Crippen LogP) is 5.37. The van der Waals surface area contributed by atoms with Crippen LogP contribution < -0.4 is 15.4 Å². The number of aromatic nitrogens is 2. The maximum Gasteiger partial charge on any atom is 0.421 e. The predicted molar refractivity (Wildman–Crippen MR) is 167 cm³/mol. The van der Waals surface area contributed by atoms with E-state index in [1.165, 1.54) is 36.3 Å². The third kappa shape index (κ3) is 6.30. The van der Waals surface area contributed by atoms with Crippen molar-refractivity contribution in [1.29, 1.82) is 0 Å². The lowest BCUT2D eigenvalue weighted by molar-refractivity contribution is -0.137. The number of rotatable bonds is 10. The number of hydrogen-bond acceptors (Lipinski definition) is 9. The standard InChI is InChI=1S/C31H37F3N5O7P/c1-5-30(6-2,47(43,44)45)17-7-9-21(25(13-17)46-4)37-29-35-14-20(31(32,33)34)27(38-29)36-22-10-8-18(16-11-23(40)24(41)12-16)19-15-39(3)28(42)26(19)22/h7-10,13-14,16,23-24,40-41H,5-6,11-12,15H2,1-4H3,(H2,43,44,45)(H2,35,36,37,38). The van der Waals surface area contributed by atoms with Crippen LogP contribution in [0.4, 0.5) is 36.3 Å². The first-order valence-electron chi connectivity index (χ1n) is 15.0. The molecule has 1 aliphatic heterocycles. The van der Waals surface area contributed by atoms with Crippen LogP contribution in [-0.2, 0) is 22.4 Å². The topological polar surface area (TPSA) is 177 Å². The number of halogens is 3. The number of carbonyl (C=O) groups excluding carboxylic acids is 1. The molecule has 1 aromatic heterocycles. The van der Waals surface area contributed by atoms with E-state index in [1.54, 1.807) is 27.0 Å². The summed E-state index contributed by atoms with van der Waals surface area (Å²) in [7, 11) is -1.68. The first-order valence-corrected chi connectivity index (χ1v) is 16.7. The highest BCUT2D eigenvalue weighted by atomic mass is 31.2. The maximum absolute atomic E-state index is 14.2. The van der Waals surface area contributed by atoms with Gasteiger partial charge in [0.15, 0.2) is 0 Å². The van der Waals surface area contributed by atoms with E-state index >= 15 is 0 Å². The number of fused-ring (bicyclic) bond motifs is 1. The number of methoxy groups -OCH3 is 1. The third-order valence-electron chi connectivity index (χ3n) is 9.30. The minimum absolute atomic E-state index is 0.0992. The normalized spacial score (nSPS) is 20.0. The van der Waals surface area contributed by atoms with Gasteiger partial charge in [0.05, 0.1) is 41.4 Å². The molecule has 1 fully saturated rings. The molecule has 12 nitrogen and oxygen atoms in total. The molecule has 16 heteroatoms. The Morgan fingerprint density at radius 3 is 2.26 bits per heavy atom. The molecular weight excluding hydrogens is 642 g/mol. The summed E-state index contributed by atoms with van der Waals surface area (Å²) < 4.78 is 60.4. The summed E-state index contributed by atoms with van der Waals surface area (Å²) in [6.45, 7) is 3.55. The van der Waals surface area contributed by atoms with Crippen molar-refractivity contribution in [3.8, 4) is 5.75 Å². The fourth-order valence-corrected chi connectivity index (χ4v) is 7.93. The summed E-state index contributed by atoms with van der Waals surface area (Å²) in [4.78, 5) is 43.0. The number of alkyl halides is 3. The molecule has 0 bridgehead atoms. The van der Waals surface area contributed by atoms with Crippen molar-refractivity contribution in [3.05, 3.63) is 64.3 Å². The molecular formula is C31H37F3N5O7P. The fourth-order valence-electron chi connectivity index (χ4n) is 6.63. The lowest BCUT2D eigenvalue weighted by atomic mass is 9.90. The van der Waals surface area contributed by atoms with E-state index in [4.69, 9.17) is 4.74 Å². The maximum atomic E-state index is 14.2. The summed E-state index contributed by atoms with van der Waals surface area (Å²) >= 11 is 0. The van der Waals surface area contributed by atoms with Crippen LogP contribution in [0, 0.1) is 0 Å². The Balaban J connectivity index is 1.52. The number of benzene rings is 2. The number of ether oxygens (including phenoxy) is 1. The summed E-state index contributed by atoms with van der Waals surface area (Å²) in [6.07, 6.45) is -5.19. The van der Waals surface area contributed by atoms with E-state index in [-0.39, 0.29) is 53.9 Å². The van der Waals surface area contributed by atoms with Crippen molar-refractivity contribution in [2.24, 2.45) is 0 Å². The number of nitrogens with zero attached hydrogens (tertiary/aromatic N) is 3. The number of aliphatic hydroxyl groups excluding tert-OH is 2. The zero-order valence-corrected chi connectivity index (χ0v) is 27.1. The van der Waals surface area contributed by atoms with Crippen LogP contribution in [0.15, 0.2) is 36.5 Å². The molecule has 47 heavy (non-hydrogen) atoms. The van der Waals surface area contributed by atoms with Gasteiger partial charge in [-0.05, 0) is 66.5 Å². The zero-order chi connectivity index (χ0) is 34.5. The largest absolute Gasteiger partial charge is 0.495 e. The summed E-state index contributed by atoms with van der Waals surface area (Å²) in [5, 5.41) is 24.3. The fraction of sp³-hybridized carbons (Fsp3) is 0.452. The van der Waals surface area contributed by atoms with Crippen molar-refractivity contribution >= 4 is 36.6 Å². The minimum atomic E-state index is -4.85. The van der Waals surface area contributed by atoms with Gasteiger partial charge in [-0.1, -0.05) is 26.0 Å². The lowest BCUT2D eigenvalue weighted by Gasteiger charge is -2.33. The second kappa shape index (κ2) is 12.7. The van der Waals surface area contributed by atoms with Gasteiger partial charge in [0.2, 0.25) is 5.95 Å². The Morgan fingerprint density at radius 1 is 1.04 bits per heavy atom. The molecule has 0 radical (unpaired) electrons. The molecule has 3 aromatic rings. The highest BCUT2D eigenvalue weighted by molar-refractivity contribution is 7.53. The molecule has 2 aromatic carbocycles. The molecule has 2 heterocycles. The Kier molecular flexibility index (Phi) is 9.34. The van der Waals surface area contributed by atoms with Gasteiger partial charge in [0.25, 0.3) is 5.91 Å². The van der Waals surface area contributed by atoms with E-state index in [0.717, 1.165) is 5.56 Å². The van der Waals surface area contributed by atoms with Crippen molar-refractivity contribution < 1.29 is 47.3 Å². The van der Waals surface area contributed by atoms with Gasteiger partial charge in [0, 0.05) is 19.8 Å². The smallest absolute Gasteiger partial charge is 0.421 e. The highest BCUT2D eigenvalue weighted by Crippen LogP contribution is 2.61. The third-order valence-corrected chi connectivity index (χ3v) is 11.3. The summed E-state index contributed by atoms with van der Waals surface area (Å²) in [5.41, 5.74) is 1.01. The molecule has 5 rings (SSSR count). The number of anilines is 4. The number of hydrogen-bond donors (Lipinski definition) is 6. The van der Waals surface area contributed by atoms with Crippen molar-refractivity contribution in [1.82, 2.24) is 14.9 Å². The summed E-state index contributed by atoms with van der Waals surface area (Å²) in [6, 6.07) is 7.64. The van der Waals surface area contributed by atoms with E-state index in [9.17, 15) is 42.5 Å². The second-order valence-corrected chi connectivity index (χ2v) is 13.9. The first-order chi connectivity index (χ1) is 22.0. The van der Waals surface area contributed by atoms with Gasteiger partial charge in [-0.2, -0.15) is 18.2 Å².